The highest BCUT2D eigenvalue weighted by molar-refractivity contribution is 7.11. The smallest absolute Gasteiger partial charge is 0.0578 e. The molecule has 0 aliphatic carbocycles. The van der Waals surface area contributed by atoms with Gasteiger partial charge >= 0.3 is 0 Å². The summed E-state index contributed by atoms with van der Waals surface area (Å²) in [6.07, 6.45) is 2.10. The van der Waals surface area contributed by atoms with Crippen LogP contribution in [0.15, 0.2) is 54.4 Å². The van der Waals surface area contributed by atoms with Crippen molar-refractivity contribution in [3.05, 3.63) is 70.4 Å². The first-order valence-corrected chi connectivity index (χ1v) is 10.4. The average Bonchev–Trinajstić information content (AvgIpc) is 3.16. The van der Waals surface area contributed by atoms with Gasteiger partial charge in [-0.25, -0.2) is 0 Å². The third kappa shape index (κ3) is 3.33. The second-order valence-electron chi connectivity index (χ2n) is 7.39. The van der Waals surface area contributed by atoms with Gasteiger partial charge in [-0.3, -0.25) is 0 Å². The van der Waals surface area contributed by atoms with E-state index in [4.69, 9.17) is 0 Å². The normalized spacial score (nSPS) is 12.7. The molecule has 3 aromatic rings. The Morgan fingerprint density at radius 3 is 2.48 bits per heavy atom. The Balaban J connectivity index is 1.82. The van der Waals surface area contributed by atoms with Crippen LogP contribution in [0.4, 0.5) is 5.69 Å². The molecule has 0 bridgehead atoms. The van der Waals surface area contributed by atoms with Crippen LogP contribution in [0.1, 0.15) is 22.9 Å². The third-order valence-electron chi connectivity index (χ3n) is 5.26. The summed E-state index contributed by atoms with van der Waals surface area (Å²) >= 11 is 1.76. The molecule has 0 saturated carbocycles. The Morgan fingerprint density at radius 2 is 1.78 bits per heavy atom. The van der Waals surface area contributed by atoms with Gasteiger partial charge in [-0.05, 0) is 66.7 Å². The molecule has 1 aromatic heterocycles. The van der Waals surface area contributed by atoms with E-state index in [0.29, 0.717) is 0 Å². The van der Waals surface area contributed by atoms with Gasteiger partial charge in [0.2, 0.25) is 0 Å². The summed E-state index contributed by atoms with van der Waals surface area (Å²) in [5.41, 5.74) is 10.2. The van der Waals surface area contributed by atoms with Gasteiger partial charge in [0.1, 0.15) is 0 Å². The van der Waals surface area contributed by atoms with Crippen molar-refractivity contribution in [1.82, 2.24) is 4.90 Å². The van der Waals surface area contributed by atoms with Crippen LogP contribution in [0.5, 0.6) is 0 Å². The number of nitrogens with zero attached hydrogens (tertiary/aromatic N) is 1. The van der Waals surface area contributed by atoms with E-state index in [0.717, 1.165) is 30.8 Å². The summed E-state index contributed by atoms with van der Waals surface area (Å²) in [5, 5.41) is 5.68. The van der Waals surface area contributed by atoms with E-state index in [1.165, 1.54) is 38.3 Å². The number of aryl methyl sites for hydroxylation is 1. The van der Waals surface area contributed by atoms with Gasteiger partial charge in [-0.1, -0.05) is 43.8 Å². The van der Waals surface area contributed by atoms with Gasteiger partial charge in [-0.2, -0.15) is 0 Å². The fourth-order valence-electron chi connectivity index (χ4n) is 3.80. The Bertz CT molecular complexity index is 980. The number of nitrogens with one attached hydrogen (secondary N) is 1. The minimum atomic E-state index is 1.00. The molecule has 4 rings (SSSR count). The summed E-state index contributed by atoms with van der Waals surface area (Å²) in [7, 11) is 4.24. The molecule has 27 heavy (non-hydrogen) atoms. The second-order valence-corrected chi connectivity index (χ2v) is 8.31. The predicted molar refractivity (Wildman–Crippen MR) is 119 cm³/mol. The van der Waals surface area contributed by atoms with Gasteiger partial charge < -0.3 is 10.2 Å². The van der Waals surface area contributed by atoms with Gasteiger partial charge in [0.15, 0.2) is 0 Å². The van der Waals surface area contributed by atoms with Gasteiger partial charge in [0, 0.05) is 29.1 Å². The van der Waals surface area contributed by atoms with Crippen molar-refractivity contribution in [3.63, 3.8) is 0 Å². The van der Waals surface area contributed by atoms with Gasteiger partial charge in [-0.15, -0.1) is 11.3 Å². The highest BCUT2D eigenvalue weighted by Gasteiger charge is 2.24. The number of rotatable bonds is 5. The minimum Gasteiger partial charge on any atom is -0.354 e. The van der Waals surface area contributed by atoms with E-state index >= 15 is 0 Å². The predicted octanol–water partition coefficient (Wildman–Crippen LogP) is 6.14. The topological polar surface area (TPSA) is 15.3 Å². The highest BCUT2D eigenvalue weighted by Crippen LogP contribution is 2.48. The van der Waals surface area contributed by atoms with Crippen molar-refractivity contribution in [2.24, 2.45) is 0 Å². The van der Waals surface area contributed by atoms with Crippen LogP contribution in [-0.4, -0.2) is 25.5 Å². The van der Waals surface area contributed by atoms with Crippen molar-refractivity contribution in [2.75, 3.05) is 26.0 Å². The standard InChI is InChI=1S/C24H26N2S/c1-5-18-10-11-21-23(20-13-15-27-24(20)16(2)25-21)22(18)19-8-6-17(7-9-19)12-14-26(3)4/h6-11,13,15,25H,2,5,12,14H2,1,3-4H3. The van der Waals surface area contributed by atoms with Crippen LogP contribution in [0.25, 0.3) is 28.0 Å². The van der Waals surface area contributed by atoms with Crippen molar-refractivity contribution in [1.29, 1.82) is 0 Å². The monoisotopic (exact) mass is 374 g/mol. The van der Waals surface area contributed by atoms with Crippen LogP contribution in [0, 0.1) is 0 Å². The molecular weight excluding hydrogens is 348 g/mol. The van der Waals surface area contributed by atoms with Crippen molar-refractivity contribution >= 4 is 22.7 Å². The molecule has 1 aliphatic heterocycles. The molecule has 2 nitrogen and oxygen atoms in total. The Morgan fingerprint density at radius 1 is 1.00 bits per heavy atom. The summed E-state index contributed by atoms with van der Waals surface area (Å²) in [4.78, 5) is 3.48. The van der Waals surface area contributed by atoms with E-state index in [2.05, 4.69) is 85.7 Å². The number of thiophene rings is 1. The lowest BCUT2D eigenvalue weighted by molar-refractivity contribution is 0.413. The Labute approximate surface area is 166 Å². The first-order chi connectivity index (χ1) is 13.1. The third-order valence-corrected chi connectivity index (χ3v) is 6.23. The molecule has 1 N–H and O–H groups in total. The van der Waals surface area contributed by atoms with E-state index in [1.807, 2.05) is 0 Å². The zero-order valence-electron chi connectivity index (χ0n) is 16.3. The molecule has 0 radical (unpaired) electrons. The second kappa shape index (κ2) is 7.34. The highest BCUT2D eigenvalue weighted by atomic mass is 32.1. The molecule has 2 aromatic carbocycles. The molecule has 0 atom stereocenters. The fourth-order valence-corrected chi connectivity index (χ4v) is 4.63. The van der Waals surface area contributed by atoms with Crippen LogP contribution in [0.3, 0.4) is 0 Å². The van der Waals surface area contributed by atoms with Crippen LogP contribution in [-0.2, 0) is 12.8 Å². The number of likely N-dealkylation sites (N-methyl/N-ethyl adjacent to an activating group) is 1. The van der Waals surface area contributed by atoms with Crippen LogP contribution in [0.2, 0.25) is 0 Å². The molecule has 0 unspecified atom stereocenters. The molecule has 3 heteroatoms. The van der Waals surface area contributed by atoms with Crippen molar-refractivity contribution < 1.29 is 0 Å². The quantitative estimate of drug-likeness (QED) is 0.576. The molecule has 0 saturated heterocycles. The minimum absolute atomic E-state index is 1.00. The Hall–Kier alpha value is -2.36. The summed E-state index contributed by atoms with van der Waals surface area (Å²) in [5.74, 6) is 0. The number of hydrogen-bond donors (Lipinski definition) is 1. The fraction of sp³-hybridized carbons (Fsp3) is 0.250. The van der Waals surface area contributed by atoms with Crippen molar-refractivity contribution in [3.8, 4) is 22.3 Å². The molecular formula is C24H26N2S. The number of hydrogen-bond acceptors (Lipinski definition) is 3. The Kier molecular flexibility index (Phi) is 4.90. The maximum absolute atomic E-state index is 4.21. The lowest BCUT2D eigenvalue weighted by Crippen LogP contribution is -2.14. The maximum Gasteiger partial charge on any atom is 0.0578 e. The molecule has 1 aliphatic rings. The average molecular weight is 375 g/mol. The van der Waals surface area contributed by atoms with Gasteiger partial charge in [0.25, 0.3) is 0 Å². The first-order valence-electron chi connectivity index (χ1n) is 9.52. The van der Waals surface area contributed by atoms with E-state index in [1.54, 1.807) is 11.3 Å². The number of fused-ring (bicyclic) bond motifs is 3. The maximum atomic E-state index is 4.21. The van der Waals surface area contributed by atoms with E-state index in [-0.39, 0.29) is 0 Å². The molecule has 0 spiro atoms. The zero-order chi connectivity index (χ0) is 19.0. The van der Waals surface area contributed by atoms with Gasteiger partial charge in [0.05, 0.1) is 4.88 Å². The first kappa shape index (κ1) is 18.0. The largest absolute Gasteiger partial charge is 0.354 e. The lowest BCUT2D eigenvalue weighted by Gasteiger charge is -2.25. The molecule has 138 valence electrons. The van der Waals surface area contributed by atoms with E-state index in [9.17, 15) is 0 Å². The summed E-state index contributed by atoms with van der Waals surface area (Å²) in [6.45, 7) is 7.52. The number of anilines is 1. The SMILES string of the molecule is C=C1Nc2ccc(CC)c(-c3ccc(CCN(C)C)cc3)c2-c2ccsc21. The van der Waals surface area contributed by atoms with Crippen LogP contribution >= 0.6 is 11.3 Å². The molecule has 2 heterocycles. The zero-order valence-corrected chi connectivity index (χ0v) is 17.1. The van der Waals surface area contributed by atoms with Crippen molar-refractivity contribution in [2.45, 2.75) is 19.8 Å². The van der Waals surface area contributed by atoms with Crippen LogP contribution < -0.4 is 5.32 Å². The summed E-state index contributed by atoms with van der Waals surface area (Å²) in [6, 6.07) is 15.8. The number of benzene rings is 2. The molecule has 0 fully saturated rings. The molecule has 0 amide bonds. The summed E-state index contributed by atoms with van der Waals surface area (Å²) < 4.78 is 0. The lowest BCUT2D eigenvalue weighted by atomic mass is 9.86. The van der Waals surface area contributed by atoms with E-state index < -0.39 is 0 Å².